The Balaban J connectivity index is 1.39. The summed E-state index contributed by atoms with van der Waals surface area (Å²) >= 11 is 8.50. The van der Waals surface area contributed by atoms with Crippen molar-refractivity contribution in [2.24, 2.45) is 0 Å². The van der Waals surface area contributed by atoms with E-state index in [1.54, 1.807) is 102 Å². The number of fused-ring (bicyclic) bond motifs is 1. The van der Waals surface area contributed by atoms with Gasteiger partial charge in [-0.25, -0.2) is 24.4 Å². The van der Waals surface area contributed by atoms with Crippen LogP contribution in [0.3, 0.4) is 0 Å². The van der Waals surface area contributed by atoms with Gasteiger partial charge in [-0.05, 0) is 59.0 Å². The van der Waals surface area contributed by atoms with Gasteiger partial charge in [0.1, 0.15) is 29.8 Å². The molecule has 44 heavy (non-hydrogen) atoms. The van der Waals surface area contributed by atoms with E-state index in [0.717, 1.165) is 3.57 Å². The molecule has 3 aromatic carbocycles. The van der Waals surface area contributed by atoms with E-state index < -0.39 is 42.4 Å². The third kappa shape index (κ3) is 6.16. The molecule has 6 rings (SSSR count). The van der Waals surface area contributed by atoms with Crippen molar-refractivity contribution >= 4 is 63.1 Å². The zero-order valence-corrected chi connectivity index (χ0v) is 25.7. The molecule has 0 radical (unpaired) electrons. The maximum absolute atomic E-state index is 13.4. The molecule has 1 saturated heterocycles. The molecule has 1 aliphatic rings. The maximum atomic E-state index is 13.4. The van der Waals surface area contributed by atoms with Crippen LogP contribution in [0.2, 0.25) is 5.15 Å². The summed E-state index contributed by atoms with van der Waals surface area (Å²) in [6, 6.07) is 25.2. The second kappa shape index (κ2) is 13.1. The molecule has 0 aliphatic carbocycles. The fourth-order valence-electron chi connectivity index (χ4n) is 4.88. The molecular formula is C32H23ClIN3O7. The van der Waals surface area contributed by atoms with Crippen LogP contribution in [-0.4, -0.2) is 57.4 Å². The van der Waals surface area contributed by atoms with Crippen LogP contribution in [0, 0.1) is 3.57 Å². The predicted molar refractivity (Wildman–Crippen MR) is 167 cm³/mol. The van der Waals surface area contributed by atoms with Crippen LogP contribution in [0.25, 0.3) is 11.0 Å². The molecule has 4 atom stereocenters. The molecule has 0 saturated carbocycles. The third-order valence-corrected chi connectivity index (χ3v) is 8.07. The zero-order valence-electron chi connectivity index (χ0n) is 22.8. The fourth-order valence-corrected chi connectivity index (χ4v) is 6.07. The highest BCUT2D eigenvalue weighted by Gasteiger charge is 2.52. The van der Waals surface area contributed by atoms with Crippen LogP contribution in [0.1, 0.15) is 37.3 Å². The zero-order chi connectivity index (χ0) is 30.6. The van der Waals surface area contributed by atoms with Gasteiger partial charge in [-0.2, -0.15) is 0 Å². The molecule has 3 heterocycles. The average molecular weight is 724 g/mol. The van der Waals surface area contributed by atoms with Crippen molar-refractivity contribution in [3.05, 3.63) is 129 Å². The first kappa shape index (κ1) is 29.7. The lowest BCUT2D eigenvalue weighted by Gasteiger charge is -2.25. The molecule has 0 N–H and O–H groups in total. The van der Waals surface area contributed by atoms with Crippen molar-refractivity contribution in [2.75, 3.05) is 6.61 Å². The molecule has 0 amide bonds. The number of benzene rings is 3. The molecule has 0 bridgehead atoms. The van der Waals surface area contributed by atoms with Crippen LogP contribution >= 0.6 is 34.2 Å². The number of esters is 3. The van der Waals surface area contributed by atoms with Gasteiger partial charge in [-0.1, -0.05) is 66.2 Å². The number of hydrogen-bond donors (Lipinski definition) is 0. The van der Waals surface area contributed by atoms with E-state index in [9.17, 15) is 14.4 Å². The third-order valence-electron chi connectivity index (χ3n) is 6.97. The Morgan fingerprint density at radius 2 is 1.30 bits per heavy atom. The van der Waals surface area contributed by atoms with Crippen molar-refractivity contribution < 1.29 is 33.3 Å². The lowest BCUT2D eigenvalue weighted by atomic mass is 10.1. The molecule has 0 spiro atoms. The first-order chi connectivity index (χ1) is 21.4. The monoisotopic (exact) mass is 723 g/mol. The van der Waals surface area contributed by atoms with Gasteiger partial charge in [0.05, 0.1) is 22.1 Å². The molecule has 2 aromatic heterocycles. The van der Waals surface area contributed by atoms with E-state index in [0.29, 0.717) is 16.6 Å². The summed E-state index contributed by atoms with van der Waals surface area (Å²) < 4.78 is 26.4. The molecule has 1 aliphatic heterocycles. The Morgan fingerprint density at radius 1 is 0.773 bits per heavy atom. The largest absolute Gasteiger partial charge is 0.459 e. The number of carbonyl (C=O) groups excluding carboxylic acids is 3. The topological polar surface area (TPSA) is 119 Å². The summed E-state index contributed by atoms with van der Waals surface area (Å²) in [5, 5.41) is 0.803. The smallest absolute Gasteiger partial charge is 0.338 e. The van der Waals surface area contributed by atoms with E-state index in [4.69, 9.17) is 30.5 Å². The van der Waals surface area contributed by atoms with E-state index in [2.05, 4.69) is 32.6 Å². The molecule has 12 heteroatoms. The van der Waals surface area contributed by atoms with Crippen LogP contribution in [0.4, 0.5) is 0 Å². The quantitative estimate of drug-likeness (QED) is 0.0836. The van der Waals surface area contributed by atoms with Gasteiger partial charge < -0.3 is 23.5 Å². The highest BCUT2D eigenvalue weighted by atomic mass is 127. The van der Waals surface area contributed by atoms with Gasteiger partial charge >= 0.3 is 17.9 Å². The summed E-state index contributed by atoms with van der Waals surface area (Å²) in [7, 11) is 0. The summed E-state index contributed by atoms with van der Waals surface area (Å²) in [6.07, 6.45) is -1.40. The Kier molecular flexibility index (Phi) is 8.87. The highest BCUT2D eigenvalue weighted by Crippen LogP contribution is 2.39. The van der Waals surface area contributed by atoms with Gasteiger partial charge in [0.15, 0.2) is 18.4 Å². The second-order valence-corrected chi connectivity index (χ2v) is 11.3. The predicted octanol–water partition coefficient (Wildman–Crippen LogP) is 5.89. The van der Waals surface area contributed by atoms with E-state index >= 15 is 0 Å². The van der Waals surface area contributed by atoms with Crippen molar-refractivity contribution in [3.8, 4) is 0 Å². The highest BCUT2D eigenvalue weighted by molar-refractivity contribution is 14.1. The maximum Gasteiger partial charge on any atom is 0.338 e. The number of rotatable bonds is 8. The fraction of sp³-hybridized carbons (Fsp3) is 0.156. The SMILES string of the molecule is O=C(OC[C@H]1OC(n2cc(I)c3c(Cl)ncnc32)[C@H](OC(=O)c2ccccc2)[C@@H]1OC(=O)c1ccccc1)c1ccccc1. The summed E-state index contributed by atoms with van der Waals surface area (Å²) in [5.41, 5.74) is 1.32. The van der Waals surface area contributed by atoms with Crippen molar-refractivity contribution in [1.29, 1.82) is 0 Å². The average Bonchev–Trinajstić information content (AvgIpc) is 3.57. The van der Waals surface area contributed by atoms with Crippen LogP contribution in [0.5, 0.6) is 0 Å². The molecule has 10 nitrogen and oxygen atoms in total. The van der Waals surface area contributed by atoms with Crippen molar-refractivity contribution in [3.63, 3.8) is 0 Å². The van der Waals surface area contributed by atoms with Gasteiger partial charge in [-0.3, -0.25) is 0 Å². The molecule has 1 unspecified atom stereocenters. The van der Waals surface area contributed by atoms with E-state index in [1.807, 2.05) is 0 Å². The first-order valence-corrected chi connectivity index (χ1v) is 14.9. The molecular weight excluding hydrogens is 701 g/mol. The number of halogens is 2. The Labute approximate surface area is 270 Å². The minimum atomic E-state index is -1.18. The molecule has 1 fully saturated rings. The Hall–Kier alpha value is -4.33. The lowest BCUT2D eigenvalue weighted by molar-refractivity contribution is -0.0604. The van der Waals surface area contributed by atoms with Crippen molar-refractivity contribution in [2.45, 2.75) is 24.5 Å². The Bertz CT molecular complexity index is 1800. The van der Waals surface area contributed by atoms with Gasteiger partial charge in [0, 0.05) is 9.77 Å². The Morgan fingerprint density at radius 3 is 1.86 bits per heavy atom. The molecule has 5 aromatic rings. The van der Waals surface area contributed by atoms with Crippen LogP contribution in [0.15, 0.2) is 104 Å². The van der Waals surface area contributed by atoms with Gasteiger partial charge in [-0.15, -0.1) is 0 Å². The van der Waals surface area contributed by atoms with Crippen molar-refractivity contribution in [1.82, 2.24) is 14.5 Å². The van der Waals surface area contributed by atoms with E-state index in [-0.39, 0.29) is 22.9 Å². The van der Waals surface area contributed by atoms with Gasteiger partial charge in [0.25, 0.3) is 0 Å². The normalized spacial score (nSPS) is 19.4. The second-order valence-electron chi connectivity index (χ2n) is 9.75. The number of nitrogens with zero attached hydrogens (tertiary/aromatic N) is 3. The summed E-state index contributed by atoms with van der Waals surface area (Å²) in [4.78, 5) is 48.1. The van der Waals surface area contributed by atoms with E-state index in [1.165, 1.54) is 6.33 Å². The number of carbonyl (C=O) groups is 3. The minimum absolute atomic E-state index is 0.231. The first-order valence-electron chi connectivity index (χ1n) is 13.5. The van der Waals surface area contributed by atoms with Crippen LogP contribution in [-0.2, 0) is 18.9 Å². The minimum Gasteiger partial charge on any atom is -0.459 e. The summed E-state index contributed by atoms with van der Waals surface area (Å²) in [6.45, 7) is -0.303. The number of hydrogen-bond acceptors (Lipinski definition) is 9. The van der Waals surface area contributed by atoms with Gasteiger partial charge in [0.2, 0.25) is 0 Å². The standard InChI is InChI=1S/C32H23ClIN3O7/c33-27-24-22(34)16-37(28(24)36-18-35-27)29-26(44-32(40)21-14-8-3-9-15-21)25(43-31(39)20-12-6-2-7-13-20)23(42-29)17-41-30(38)19-10-4-1-5-11-19/h1-16,18,23,25-26,29H,17H2/t23-,25-,26-,29?/m1/s1. The van der Waals surface area contributed by atoms with Crippen LogP contribution < -0.4 is 0 Å². The lowest BCUT2D eigenvalue weighted by Crippen LogP contribution is -2.41. The summed E-state index contributed by atoms with van der Waals surface area (Å²) in [5.74, 6) is -1.92. The number of aromatic nitrogens is 3. The molecule has 222 valence electrons. The number of ether oxygens (including phenoxy) is 4.